The highest BCUT2D eigenvalue weighted by Crippen LogP contribution is 2.36. The number of hydrogen-bond donors (Lipinski definition) is 0. The molecular weight excluding hydrogens is 431 g/mol. The molecule has 0 aliphatic carbocycles. The van der Waals surface area contributed by atoms with Crippen LogP contribution in [-0.4, -0.2) is 0 Å². The summed E-state index contributed by atoms with van der Waals surface area (Å²) in [6.45, 7) is 2.20. The fourth-order valence-corrected chi connectivity index (χ4v) is 5.74. The maximum atomic E-state index is 3.76. The molecule has 1 unspecified atom stereocenters. The molecule has 0 spiro atoms. The van der Waals surface area contributed by atoms with Crippen LogP contribution >= 0.6 is 40.8 Å². The van der Waals surface area contributed by atoms with Crippen molar-refractivity contribution in [1.29, 1.82) is 0 Å². The van der Waals surface area contributed by atoms with Crippen LogP contribution in [0.25, 0.3) is 0 Å². The van der Waals surface area contributed by atoms with Crippen LogP contribution in [0.2, 0.25) is 0 Å². The van der Waals surface area contributed by atoms with E-state index in [1.165, 1.54) is 21.5 Å². The molecule has 0 heterocycles. The second kappa shape index (κ2) is 8.78. The van der Waals surface area contributed by atoms with Crippen LogP contribution in [0, 0.1) is 0 Å². The van der Waals surface area contributed by atoms with Gasteiger partial charge < -0.3 is 0 Å². The van der Waals surface area contributed by atoms with Gasteiger partial charge in [-0.3, -0.25) is 0 Å². The summed E-state index contributed by atoms with van der Waals surface area (Å²) in [5.41, 5.74) is 1.38. The largest absolute Gasteiger partial charge is 0.114 e. The average molecular weight is 450 g/mol. The Labute approximate surface area is 158 Å². The first-order chi connectivity index (χ1) is 10.8. The lowest BCUT2D eigenvalue weighted by atomic mass is 10.2. The first-order valence-electron chi connectivity index (χ1n) is 7.40. The van der Waals surface area contributed by atoms with Crippen LogP contribution in [0.1, 0.15) is 17.3 Å². The van der Waals surface area contributed by atoms with E-state index in [0.717, 1.165) is 0 Å². The maximum Gasteiger partial charge on any atom is 0.0373 e. The second-order valence-electron chi connectivity index (χ2n) is 5.18. The van der Waals surface area contributed by atoms with E-state index in [0.29, 0.717) is 4.83 Å². The van der Waals surface area contributed by atoms with Gasteiger partial charge in [0.2, 0.25) is 0 Å². The van der Waals surface area contributed by atoms with E-state index in [-0.39, 0.29) is 17.0 Å². The van der Waals surface area contributed by atoms with Gasteiger partial charge in [-0.25, -0.2) is 0 Å². The van der Waals surface area contributed by atoms with Gasteiger partial charge in [0.15, 0.2) is 0 Å². The zero-order chi connectivity index (χ0) is 15.4. The van der Waals surface area contributed by atoms with Gasteiger partial charge >= 0.3 is 0 Å². The molecule has 118 valence electrons. The van der Waals surface area contributed by atoms with Crippen LogP contribution in [0.15, 0.2) is 84.9 Å². The third-order valence-electron chi connectivity index (χ3n) is 3.63. The Bertz CT molecular complexity index is 687. The first-order valence-corrected chi connectivity index (χ1v) is 9.66. The van der Waals surface area contributed by atoms with Gasteiger partial charge in [0.25, 0.3) is 0 Å². The van der Waals surface area contributed by atoms with Crippen molar-refractivity contribution >= 4 is 56.7 Å². The summed E-state index contributed by atoms with van der Waals surface area (Å²) in [4.78, 5) is 0.348. The van der Waals surface area contributed by atoms with Crippen molar-refractivity contribution in [1.82, 2.24) is 0 Å². The monoisotopic (exact) mass is 448 g/mol. The number of benzene rings is 3. The molecule has 3 aromatic carbocycles. The molecule has 0 bridgehead atoms. The Morgan fingerprint density at radius 1 is 0.696 bits per heavy atom. The summed E-state index contributed by atoms with van der Waals surface area (Å²) in [5.74, 6) is 0. The highest BCUT2D eigenvalue weighted by Gasteiger charge is 2.20. The molecule has 0 saturated heterocycles. The number of halogens is 2. The molecule has 23 heavy (non-hydrogen) atoms. The van der Waals surface area contributed by atoms with Crippen LogP contribution < -0.4 is 15.9 Å². The minimum atomic E-state index is -0.529. The molecule has 0 amide bonds. The number of rotatable bonds is 4. The quantitative estimate of drug-likeness (QED) is 0.365. The molecule has 0 aliphatic heterocycles. The van der Waals surface area contributed by atoms with E-state index in [4.69, 9.17) is 0 Å². The van der Waals surface area contributed by atoms with Crippen LogP contribution in [0.4, 0.5) is 0 Å². The summed E-state index contributed by atoms with van der Waals surface area (Å²) in [6, 6.07) is 30.5. The third-order valence-corrected chi connectivity index (χ3v) is 6.65. The molecule has 0 radical (unpaired) electrons. The summed E-state index contributed by atoms with van der Waals surface area (Å²) in [6.07, 6.45) is 0. The molecule has 0 nitrogen and oxygen atoms in total. The highest BCUT2D eigenvalue weighted by atomic mass is 79.9. The first kappa shape index (κ1) is 18.4. The Kier molecular flexibility index (Phi) is 7.02. The van der Waals surface area contributed by atoms with Gasteiger partial charge in [0.1, 0.15) is 0 Å². The maximum absolute atomic E-state index is 3.76. The van der Waals surface area contributed by atoms with E-state index < -0.39 is 7.92 Å². The SMILES string of the molecule is Br.CC(Br)c1ccccc1P(c1ccccc1)c1ccccc1. The molecule has 0 aliphatic rings. The Morgan fingerprint density at radius 3 is 1.61 bits per heavy atom. The van der Waals surface area contributed by atoms with Crippen molar-refractivity contribution in [2.24, 2.45) is 0 Å². The van der Waals surface area contributed by atoms with Crippen molar-refractivity contribution in [3.05, 3.63) is 90.5 Å². The Balaban J connectivity index is 0.00000192. The molecule has 0 aromatic heterocycles. The van der Waals surface area contributed by atoms with Crippen LogP contribution in [0.3, 0.4) is 0 Å². The summed E-state index contributed by atoms with van der Waals surface area (Å²) < 4.78 is 0. The lowest BCUT2D eigenvalue weighted by Crippen LogP contribution is -2.23. The Morgan fingerprint density at radius 2 is 1.13 bits per heavy atom. The average Bonchev–Trinajstić information content (AvgIpc) is 2.57. The Hall–Kier alpha value is -0.950. The highest BCUT2D eigenvalue weighted by molar-refractivity contribution is 9.09. The molecule has 3 aromatic rings. The van der Waals surface area contributed by atoms with Gasteiger partial charge in [0, 0.05) is 4.83 Å². The van der Waals surface area contributed by atoms with E-state index in [1.807, 2.05) is 0 Å². The van der Waals surface area contributed by atoms with Crippen LogP contribution in [-0.2, 0) is 0 Å². The fourth-order valence-electron chi connectivity index (χ4n) is 2.61. The van der Waals surface area contributed by atoms with Gasteiger partial charge in [-0.2, -0.15) is 0 Å². The smallest absolute Gasteiger partial charge is 0.0373 e. The van der Waals surface area contributed by atoms with Gasteiger partial charge in [-0.05, 0) is 36.3 Å². The second-order valence-corrected chi connectivity index (χ2v) is 8.74. The zero-order valence-electron chi connectivity index (χ0n) is 12.9. The zero-order valence-corrected chi connectivity index (χ0v) is 17.1. The fraction of sp³-hybridized carbons (Fsp3) is 0.100. The van der Waals surface area contributed by atoms with Crippen LogP contribution in [0.5, 0.6) is 0 Å². The molecule has 0 saturated carbocycles. The summed E-state index contributed by atoms with van der Waals surface area (Å²) in [5, 5.41) is 4.22. The third kappa shape index (κ3) is 4.32. The molecular formula is C20H19Br2P. The lowest BCUT2D eigenvalue weighted by molar-refractivity contribution is 1.14. The van der Waals surface area contributed by atoms with E-state index >= 15 is 0 Å². The standard InChI is InChI=1S/C20H18BrP.BrH/c1-16(21)19-14-8-9-15-20(19)22(17-10-4-2-5-11-17)18-12-6-3-7-13-18;/h2-16H,1H3;1H. The van der Waals surface area contributed by atoms with Crippen molar-refractivity contribution in [2.75, 3.05) is 0 Å². The molecule has 3 rings (SSSR count). The summed E-state index contributed by atoms with van der Waals surface area (Å²) in [7, 11) is -0.529. The topological polar surface area (TPSA) is 0 Å². The van der Waals surface area contributed by atoms with Crippen molar-refractivity contribution < 1.29 is 0 Å². The lowest BCUT2D eigenvalue weighted by Gasteiger charge is -2.23. The van der Waals surface area contributed by atoms with Gasteiger partial charge in [-0.15, -0.1) is 17.0 Å². The normalized spacial score (nSPS) is 11.8. The predicted octanol–water partition coefficient (Wildman–Crippen LogP) is 5.48. The van der Waals surface area contributed by atoms with E-state index in [9.17, 15) is 0 Å². The summed E-state index contributed by atoms with van der Waals surface area (Å²) >= 11 is 3.76. The molecule has 0 N–H and O–H groups in total. The molecule has 3 heteroatoms. The van der Waals surface area contributed by atoms with Crippen molar-refractivity contribution in [2.45, 2.75) is 11.8 Å². The number of alkyl halides is 1. The van der Waals surface area contributed by atoms with E-state index in [1.54, 1.807) is 0 Å². The minimum absolute atomic E-state index is 0. The minimum Gasteiger partial charge on any atom is -0.114 e. The van der Waals surface area contributed by atoms with Crippen molar-refractivity contribution in [3.8, 4) is 0 Å². The van der Waals surface area contributed by atoms with Crippen molar-refractivity contribution in [3.63, 3.8) is 0 Å². The van der Waals surface area contributed by atoms with Gasteiger partial charge in [-0.1, -0.05) is 101 Å². The molecule has 1 atom stereocenters. The number of hydrogen-bond acceptors (Lipinski definition) is 0. The van der Waals surface area contributed by atoms with E-state index in [2.05, 4.69) is 108 Å². The molecule has 0 fully saturated rings. The predicted molar refractivity (Wildman–Crippen MR) is 113 cm³/mol. The van der Waals surface area contributed by atoms with Gasteiger partial charge in [0.05, 0.1) is 0 Å².